The van der Waals surface area contributed by atoms with Crippen LogP contribution in [0.1, 0.15) is 45.5 Å². The van der Waals surface area contributed by atoms with Crippen molar-refractivity contribution < 1.29 is 9.53 Å². The average Bonchev–Trinajstić information content (AvgIpc) is 2.70. The van der Waals surface area contributed by atoms with Crippen molar-refractivity contribution in [3.8, 4) is 0 Å². The third kappa shape index (κ3) is 6.72. The van der Waals surface area contributed by atoms with Gasteiger partial charge in [-0.2, -0.15) is 0 Å². The second-order valence-electron chi connectivity index (χ2n) is 5.84. The van der Waals surface area contributed by atoms with E-state index in [1.54, 1.807) is 11.3 Å². The first-order valence-electron chi connectivity index (χ1n) is 6.64. The van der Waals surface area contributed by atoms with Crippen LogP contribution in [0.3, 0.4) is 0 Å². The third-order valence-corrected chi connectivity index (χ3v) is 4.38. The van der Waals surface area contributed by atoms with Crippen LogP contribution in [0.2, 0.25) is 0 Å². The Morgan fingerprint density at radius 1 is 1.45 bits per heavy atom. The van der Waals surface area contributed by atoms with Crippen molar-refractivity contribution in [2.75, 3.05) is 6.54 Å². The minimum absolute atomic E-state index is 0.00991. The Kier molecular flexibility index (Phi) is 6.48. The summed E-state index contributed by atoms with van der Waals surface area (Å²) in [6.07, 6.45) is -0.377. The highest BCUT2D eigenvalue weighted by Crippen LogP contribution is 2.25. The molecule has 0 saturated carbocycles. The largest absolute Gasteiger partial charge is 0.444 e. The molecule has 1 amide bonds. The summed E-state index contributed by atoms with van der Waals surface area (Å²) in [6.45, 7) is 10.3. The number of carbonyl (C=O) groups excluding carboxylic acids is 1. The zero-order valence-electron chi connectivity index (χ0n) is 12.6. The van der Waals surface area contributed by atoms with Gasteiger partial charge in [0.05, 0.1) is 0 Å². The Bertz CT molecular complexity index is 443. The molecule has 0 spiro atoms. The number of hydrogen-bond donors (Lipinski definition) is 2. The average molecular weight is 363 g/mol. The zero-order chi connectivity index (χ0) is 15.3. The van der Waals surface area contributed by atoms with Crippen LogP contribution in [0.4, 0.5) is 4.79 Å². The lowest BCUT2D eigenvalue weighted by atomic mass is 10.2. The van der Waals surface area contributed by atoms with Crippen LogP contribution in [0.25, 0.3) is 0 Å². The number of halogens is 1. The normalized spacial score (nSPS) is 14.7. The van der Waals surface area contributed by atoms with Gasteiger partial charge in [0.2, 0.25) is 0 Å². The van der Waals surface area contributed by atoms with Crippen LogP contribution < -0.4 is 10.6 Å². The van der Waals surface area contributed by atoms with Crippen molar-refractivity contribution >= 4 is 33.4 Å². The number of hydrogen-bond acceptors (Lipinski definition) is 4. The summed E-state index contributed by atoms with van der Waals surface area (Å²) in [6, 6.07) is 2.37. The van der Waals surface area contributed by atoms with Crippen LogP contribution in [-0.4, -0.2) is 24.3 Å². The first-order valence-corrected chi connectivity index (χ1v) is 8.31. The SMILES string of the molecule is CC(CNC(C)c1cc(Br)cs1)NC(=O)OC(C)(C)C. The predicted octanol–water partition coefficient (Wildman–Crippen LogP) is 4.07. The van der Waals surface area contributed by atoms with Crippen LogP contribution in [0, 0.1) is 0 Å². The number of ether oxygens (including phenoxy) is 1. The van der Waals surface area contributed by atoms with E-state index in [2.05, 4.69) is 44.9 Å². The molecule has 2 atom stereocenters. The number of nitrogens with one attached hydrogen (secondary N) is 2. The molecule has 0 saturated heterocycles. The molecule has 114 valence electrons. The Morgan fingerprint density at radius 2 is 2.10 bits per heavy atom. The summed E-state index contributed by atoms with van der Waals surface area (Å²) in [5.74, 6) is 0. The zero-order valence-corrected chi connectivity index (χ0v) is 15.0. The fourth-order valence-electron chi connectivity index (χ4n) is 1.57. The highest BCUT2D eigenvalue weighted by Gasteiger charge is 2.18. The van der Waals surface area contributed by atoms with Crippen LogP contribution in [-0.2, 0) is 4.74 Å². The van der Waals surface area contributed by atoms with Crippen LogP contribution in [0.5, 0.6) is 0 Å². The van der Waals surface area contributed by atoms with Gasteiger partial charge in [-0.1, -0.05) is 0 Å². The van der Waals surface area contributed by atoms with Gasteiger partial charge in [-0.05, 0) is 56.6 Å². The van der Waals surface area contributed by atoms with Gasteiger partial charge >= 0.3 is 6.09 Å². The summed E-state index contributed by atoms with van der Waals surface area (Å²) < 4.78 is 6.32. The van der Waals surface area contributed by atoms with Crippen molar-refractivity contribution in [2.24, 2.45) is 0 Å². The van der Waals surface area contributed by atoms with Gasteiger partial charge in [0.1, 0.15) is 5.60 Å². The minimum atomic E-state index is -0.465. The van der Waals surface area contributed by atoms with Crippen LogP contribution >= 0.6 is 27.3 Å². The van der Waals surface area contributed by atoms with E-state index in [0.29, 0.717) is 6.54 Å². The van der Waals surface area contributed by atoms with Crippen molar-refractivity contribution in [1.29, 1.82) is 0 Å². The maximum atomic E-state index is 11.6. The number of rotatable bonds is 5. The van der Waals surface area contributed by atoms with E-state index in [4.69, 9.17) is 4.74 Å². The number of thiophene rings is 1. The number of carbonyl (C=O) groups is 1. The van der Waals surface area contributed by atoms with E-state index < -0.39 is 5.60 Å². The molecular formula is C14H23BrN2O2S. The number of alkyl carbamates (subject to hydrolysis) is 1. The first kappa shape index (κ1) is 17.5. The van der Waals surface area contributed by atoms with E-state index in [0.717, 1.165) is 4.47 Å². The second-order valence-corrected chi connectivity index (χ2v) is 7.70. The van der Waals surface area contributed by atoms with Gasteiger partial charge in [0, 0.05) is 33.4 Å². The molecule has 2 N–H and O–H groups in total. The van der Waals surface area contributed by atoms with E-state index in [1.165, 1.54) is 4.88 Å². The summed E-state index contributed by atoms with van der Waals surface area (Å²) in [5.41, 5.74) is -0.465. The summed E-state index contributed by atoms with van der Waals surface area (Å²) in [7, 11) is 0. The molecule has 0 fully saturated rings. The highest BCUT2D eigenvalue weighted by atomic mass is 79.9. The molecule has 20 heavy (non-hydrogen) atoms. The molecule has 0 radical (unpaired) electrons. The summed E-state index contributed by atoms with van der Waals surface area (Å²) in [5, 5.41) is 8.28. The molecule has 1 aromatic rings. The molecule has 1 heterocycles. The van der Waals surface area contributed by atoms with Crippen molar-refractivity contribution in [3.63, 3.8) is 0 Å². The van der Waals surface area contributed by atoms with Gasteiger partial charge < -0.3 is 15.4 Å². The molecule has 2 unspecified atom stereocenters. The molecule has 0 aliphatic rings. The van der Waals surface area contributed by atoms with Crippen LogP contribution in [0.15, 0.2) is 15.9 Å². The van der Waals surface area contributed by atoms with Gasteiger partial charge in [-0.3, -0.25) is 0 Å². The van der Waals surface area contributed by atoms with E-state index in [-0.39, 0.29) is 18.2 Å². The topological polar surface area (TPSA) is 50.4 Å². The van der Waals surface area contributed by atoms with Crippen molar-refractivity contribution in [2.45, 2.75) is 52.3 Å². The summed E-state index contributed by atoms with van der Waals surface area (Å²) >= 11 is 5.16. The first-order chi connectivity index (χ1) is 9.17. The lowest BCUT2D eigenvalue weighted by Gasteiger charge is -2.23. The Morgan fingerprint density at radius 3 is 2.60 bits per heavy atom. The molecule has 1 aromatic heterocycles. The minimum Gasteiger partial charge on any atom is -0.444 e. The molecule has 1 rings (SSSR count). The van der Waals surface area contributed by atoms with Crippen molar-refractivity contribution in [3.05, 3.63) is 20.8 Å². The van der Waals surface area contributed by atoms with Gasteiger partial charge in [0.15, 0.2) is 0 Å². The van der Waals surface area contributed by atoms with Gasteiger partial charge in [-0.15, -0.1) is 11.3 Å². The Labute approximate surface area is 133 Å². The van der Waals surface area contributed by atoms with E-state index in [1.807, 2.05) is 27.7 Å². The quantitative estimate of drug-likeness (QED) is 0.829. The highest BCUT2D eigenvalue weighted by molar-refractivity contribution is 9.10. The number of amides is 1. The summed E-state index contributed by atoms with van der Waals surface area (Å²) in [4.78, 5) is 12.9. The van der Waals surface area contributed by atoms with Gasteiger partial charge in [0.25, 0.3) is 0 Å². The second kappa shape index (κ2) is 7.43. The molecule has 0 aliphatic heterocycles. The standard InChI is InChI=1S/C14H23BrN2O2S/c1-9(17-13(18)19-14(3,4)5)7-16-10(2)12-6-11(15)8-20-12/h6,8-10,16H,7H2,1-5H3,(H,17,18). The maximum Gasteiger partial charge on any atom is 0.407 e. The molecule has 6 heteroatoms. The van der Waals surface area contributed by atoms with E-state index >= 15 is 0 Å². The fraction of sp³-hybridized carbons (Fsp3) is 0.643. The Balaban J connectivity index is 2.32. The molecule has 0 aromatic carbocycles. The molecule has 0 bridgehead atoms. The maximum absolute atomic E-state index is 11.6. The fourth-order valence-corrected chi connectivity index (χ4v) is 3.05. The monoisotopic (exact) mass is 362 g/mol. The van der Waals surface area contributed by atoms with E-state index in [9.17, 15) is 4.79 Å². The molecule has 0 aliphatic carbocycles. The molecular weight excluding hydrogens is 340 g/mol. The lowest BCUT2D eigenvalue weighted by Crippen LogP contribution is -2.42. The lowest BCUT2D eigenvalue weighted by molar-refractivity contribution is 0.0508. The smallest absolute Gasteiger partial charge is 0.407 e. The third-order valence-electron chi connectivity index (χ3n) is 2.51. The Hall–Kier alpha value is -0.590. The predicted molar refractivity (Wildman–Crippen MR) is 87.3 cm³/mol. The van der Waals surface area contributed by atoms with Gasteiger partial charge in [-0.25, -0.2) is 4.79 Å². The molecule has 4 nitrogen and oxygen atoms in total. The van der Waals surface area contributed by atoms with Crippen molar-refractivity contribution in [1.82, 2.24) is 10.6 Å².